The van der Waals surface area contributed by atoms with Crippen molar-refractivity contribution in [1.29, 1.82) is 0 Å². The molecule has 9 heteroatoms. The van der Waals surface area contributed by atoms with Crippen LogP contribution >= 0.6 is 0 Å². The molecule has 0 aliphatic carbocycles. The highest BCUT2D eigenvalue weighted by molar-refractivity contribution is 6.22. The number of anilines is 1. The standard InChI is InChI=1S/C20H22F3N3O3/c1-19(2,3)9-15(27)24-10-13-8-14(24)16-17(28)26(18(29)25(13)16)12-6-4-5-11(7-12)20(21,22)23/h4-7,13-14,16H,8-10H2,1-3H3. The summed E-state index contributed by atoms with van der Waals surface area (Å²) in [5.74, 6) is -0.641. The molecule has 3 unspecified atom stereocenters. The van der Waals surface area contributed by atoms with E-state index in [1.165, 1.54) is 17.0 Å². The van der Waals surface area contributed by atoms with Crippen LogP contribution in [0.3, 0.4) is 0 Å². The third-order valence-electron chi connectivity index (χ3n) is 5.70. The molecule has 3 aliphatic heterocycles. The zero-order chi connectivity index (χ0) is 21.3. The predicted molar refractivity (Wildman–Crippen MR) is 97.9 cm³/mol. The molecule has 0 N–H and O–H groups in total. The van der Waals surface area contributed by atoms with Crippen LogP contribution in [0.2, 0.25) is 0 Å². The molecule has 3 fully saturated rings. The second-order valence-corrected chi connectivity index (χ2v) is 9.10. The number of hydrogen-bond acceptors (Lipinski definition) is 3. The van der Waals surface area contributed by atoms with E-state index in [1.807, 2.05) is 20.8 Å². The number of halogens is 3. The lowest BCUT2D eigenvalue weighted by Gasteiger charge is -2.36. The summed E-state index contributed by atoms with van der Waals surface area (Å²) >= 11 is 0. The molecule has 29 heavy (non-hydrogen) atoms. The van der Waals surface area contributed by atoms with Gasteiger partial charge in [0.15, 0.2) is 0 Å². The van der Waals surface area contributed by atoms with Gasteiger partial charge in [-0.3, -0.25) is 9.59 Å². The van der Waals surface area contributed by atoms with Gasteiger partial charge < -0.3 is 9.80 Å². The zero-order valence-corrected chi connectivity index (χ0v) is 16.4. The minimum atomic E-state index is -4.58. The van der Waals surface area contributed by atoms with Crippen molar-refractivity contribution in [2.75, 3.05) is 11.4 Å². The van der Waals surface area contributed by atoms with Gasteiger partial charge in [-0.1, -0.05) is 26.8 Å². The minimum absolute atomic E-state index is 0.0672. The highest BCUT2D eigenvalue weighted by Gasteiger charge is 2.62. The molecule has 4 amide bonds. The normalized spacial score (nSPS) is 26.6. The summed E-state index contributed by atoms with van der Waals surface area (Å²) in [6.07, 6.45) is -3.73. The van der Waals surface area contributed by atoms with Gasteiger partial charge in [-0.25, -0.2) is 9.69 Å². The van der Waals surface area contributed by atoms with Gasteiger partial charge in [0.25, 0.3) is 5.91 Å². The summed E-state index contributed by atoms with van der Waals surface area (Å²) in [6.45, 7) is 6.20. The molecule has 0 aromatic heterocycles. The number of amides is 4. The highest BCUT2D eigenvalue weighted by Crippen LogP contribution is 2.43. The van der Waals surface area contributed by atoms with E-state index in [-0.39, 0.29) is 23.1 Å². The number of benzene rings is 1. The fraction of sp³-hybridized carbons (Fsp3) is 0.550. The summed E-state index contributed by atoms with van der Waals surface area (Å²) < 4.78 is 39.1. The molecule has 3 atom stereocenters. The van der Waals surface area contributed by atoms with Crippen molar-refractivity contribution < 1.29 is 27.6 Å². The van der Waals surface area contributed by atoms with E-state index in [4.69, 9.17) is 0 Å². The smallest absolute Gasteiger partial charge is 0.335 e. The van der Waals surface area contributed by atoms with Crippen molar-refractivity contribution in [2.24, 2.45) is 5.41 Å². The number of hydrogen-bond donors (Lipinski definition) is 0. The van der Waals surface area contributed by atoms with E-state index >= 15 is 0 Å². The fourth-order valence-electron chi connectivity index (χ4n) is 4.56. The molecule has 4 rings (SSSR count). The molecule has 3 aliphatic rings. The lowest BCUT2D eigenvalue weighted by Crippen LogP contribution is -2.55. The van der Waals surface area contributed by atoms with Crippen LogP contribution in [0.1, 0.15) is 39.2 Å². The van der Waals surface area contributed by atoms with Crippen LogP contribution in [0.15, 0.2) is 24.3 Å². The topological polar surface area (TPSA) is 60.9 Å². The number of carbonyl (C=O) groups excluding carboxylic acids is 3. The number of imide groups is 1. The van der Waals surface area contributed by atoms with E-state index in [0.29, 0.717) is 19.4 Å². The molecule has 0 spiro atoms. The Labute approximate surface area is 166 Å². The predicted octanol–water partition coefficient (Wildman–Crippen LogP) is 3.26. The third kappa shape index (κ3) is 3.16. The number of fused-ring (bicyclic) bond motifs is 5. The second kappa shape index (κ2) is 6.21. The molecular formula is C20H22F3N3O3. The van der Waals surface area contributed by atoms with Crippen molar-refractivity contribution in [1.82, 2.24) is 9.80 Å². The number of alkyl halides is 3. The van der Waals surface area contributed by atoms with Crippen LogP contribution in [-0.4, -0.2) is 52.3 Å². The second-order valence-electron chi connectivity index (χ2n) is 9.10. The van der Waals surface area contributed by atoms with Crippen molar-refractivity contribution in [2.45, 2.75) is 57.9 Å². The monoisotopic (exact) mass is 409 g/mol. The molecule has 0 radical (unpaired) electrons. The van der Waals surface area contributed by atoms with Crippen molar-refractivity contribution in [3.8, 4) is 0 Å². The molecular weight excluding hydrogens is 387 g/mol. The van der Waals surface area contributed by atoms with Gasteiger partial charge >= 0.3 is 12.2 Å². The van der Waals surface area contributed by atoms with E-state index in [1.54, 1.807) is 4.90 Å². The van der Waals surface area contributed by atoms with Crippen LogP contribution in [0.5, 0.6) is 0 Å². The Kier molecular flexibility index (Phi) is 4.22. The summed E-state index contributed by atoms with van der Waals surface area (Å²) in [4.78, 5) is 42.6. The number of nitrogens with zero attached hydrogens (tertiary/aromatic N) is 3. The molecule has 1 aromatic carbocycles. The Hall–Kier alpha value is -2.58. The SMILES string of the molecule is CC(C)(C)CC(=O)N1CC2CC1C1C(=O)N(c3cccc(C(F)(F)F)c3)C(=O)N21. The van der Waals surface area contributed by atoms with Gasteiger partial charge in [-0.2, -0.15) is 13.2 Å². The maximum absolute atomic E-state index is 13.0. The molecule has 156 valence electrons. The van der Waals surface area contributed by atoms with E-state index < -0.39 is 35.8 Å². The van der Waals surface area contributed by atoms with Gasteiger partial charge in [-0.05, 0) is 30.0 Å². The average Bonchev–Trinajstić information content (AvgIpc) is 3.24. The number of rotatable bonds is 2. The lowest BCUT2D eigenvalue weighted by molar-refractivity contribution is -0.138. The van der Waals surface area contributed by atoms with Crippen LogP contribution in [0.25, 0.3) is 0 Å². The quantitative estimate of drug-likeness (QED) is 0.705. The molecule has 3 saturated heterocycles. The Morgan fingerprint density at radius 3 is 2.48 bits per heavy atom. The lowest BCUT2D eigenvalue weighted by atomic mass is 9.91. The number of likely N-dealkylation sites (tertiary alicyclic amines) is 1. The van der Waals surface area contributed by atoms with Crippen molar-refractivity contribution in [3.05, 3.63) is 29.8 Å². The first-order valence-electron chi connectivity index (χ1n) is 9.51. The summed E-state index contributed by atoms with van der Waals surface area (Å²) in [5, 5.41) is 0. The van der Waals surface area contributed by atoms with Crippen LogP contribution in [0.4, 0.5) is 23.7 Å². The number of carbonyl (C=O) groups is 3. The van der Waals surface area contributed by atoms with Crippen molar-refractivity contribution >= 4 is 23.5 Å². The summed E-state index contributed by atoms with van der Waals surface area (Å²) in [7, 11) is 0. The molecule has 3 heterocycles. The highest BCUT2D eigenvalue weighted by atomic mass is 19.4. The average molecular weight is 409 g/mol. The van der Waals surface area contributed by atoms with E-state index in [2.05, 4.69) is 0 Å². The summed E-state index contributed by atoms with van der Waals surface area (Å²) in [6, 6.07) is 2.03. The maximum atomic E-state index is 13.0. The zero-order valence-electron chi connectivity index (χ0n) is 16.4. The van der Waals surface area contributed by atoms with Crippen LogP contribution < -0.4 is 4.90 Å². The van der Waals surface area contributed by atoms with Gasteiger partial charge in [0.1, 0.15) is 6.04 Å². The largest absolute Gasteiger partial charge is 0.416 e. The van der Waals surface area contributed by atoms with Gasteiger partial charge in [0, 0.05) is 13.0 Å². The Morgan fingerprint density at radius 2 is 1.86 bits per heavy atom. The van der Waals surface area contributed by atoms with Crippen LogP contribution in [0, 0.1) is 5.41 Å². The molecule has 1 aromatic rings. The molecule has 2 bridgehead atoms. The first kappa shape index (κ1) is 19.7. The minimum Gasteiger partial charge on any atom is -0.335 e. The first-order chi connectivity index (χ1) is 13.4. The van der Waals surface area contributed by atoms with Gasteiger partial charge in [0.05, 0.1) is 23.3 Å². The number of piperazine rings is 1. The first-order valence-corrected chi connectivity index (χ1v) is 9.51. The molecule has 6 nitrogen and oxygen atoms in total. The molecule has 0 saturated carbocycles. The summed E-state index contributed by atoms with van der Waals surface area (Å²) in [5.41, 5.74) is -1.23. The Bertz CT molecular complexity index is 893. The van der Waals surface area contributed by atoms with E-state index in [9.17, 15) is 27.6 Å². The van der Waals surface area contributed by atoms with Gasteiger partial charge in [0.2, 0.25) is 5.91 Å². The fourth-order valence-corrected chi connectivity index (χ4v) is 4.56. The third-order valence-corrected chi connectivity index (χ3v) is 5.70. The Balaban J connectivity index is 1.61. The van der Waals surface area contributed by atoms with E-state index in [0.717, 1.165) is 17.0 Å². The Morgan fingerprint density at radius 1 is 1.17 bits per heavy atom. The maximum Gasteiger partial charge on any atom is 0.416 e. The number of urea groups is 1. The van der Waals surface area contributed by atoms with Gasteiger partial charge in [-0.15, -0.1) is 0 Å². The van der Waals surface area contributed by atoms with Crippen molar-refractivity contribution in [3.63, 3.8) is 0 Å². The van der Waals surface area contributed by atoms with Crippen LogP contribution in [-0.2, 0) is 15.8 Å².